The predicted molar refractivity (Wildman–Crippen MR) is 113 cm³/mol. The van der Waals surface area contributed by atoms with Crippen molar-refractivity contribution in [2.24, 2.45) is 52.3 Å². The molecule has 0 aromatic carbocycles. The molecule has 0 saturated heterocycles. The van der Waals surface area contributed by atoms with E-state index in [0.29, 0.717) is 22.5 Å². The van der Waals surface area contributed by atoms with Crippen LogP contribution in [0, 0.1) is 52.3 Å². The molecular formula is C26H44O. The summed E-state index contributed by atoms with van der Waals surface area (Å²) < 4.78 is 0. The van der Waals surface area contributed by atoms with Crippen LogP contribution in [0.4, 0.5) is 0 Å². The zero-order chi connectivity index (χ0) is 19.4. The first-order valence-corrected chi connectivity index (χ1v) is 12.2. The maximum atomic E-state index is 12.1. The highest BCUT2D eigenvalue weighted by molar-refractivity contribution is 5.79. The SMILES string of the molecule is CC1CCCCCC2C1C1CCC3CC(=O)CCC3C1CC(C)(C)C2(C)C. The van der Waals surface area contributed by atoms with Gasteiger partial charge in [0, 0.05) is 12.8 Å². The first-order valence-electron chi connectivity index (χ1n) is 12.2. The van der Waals surface area contributed by atoms with E-state index >= 15 is 0 Å². The third-order valence-electron chi connectivity index (χ3n) is 10.5. The molecule has 7 unspecified atom stereocenters. The van der Waals surface area contributed by atoms with E-state index in [1.165, 1.54) is 57.8 Å². The van der Waals surface area contributed by atoms with E-state index in [-0.39, 0.29) is 0 Å². The molecule has 0 radical (unpaired) electrons. The lowest BCUT2D eigenvalue weighted by Gasteiger charge is -2.51. The van der Waals surface area contributed by atoms with Crippen LogP contribution in [-0.4, -0.2) is 5.78 Å². The average molecular weight is 373 g/mol. The number of hydrogen-bond donors (Lipinski definition) is 0. The number of rotatable bonds is 0. The highest BCUT2D eigenvalue weighted by atomic mass is 16.1. The molecule has 4 fully saturated rings. The third kappa shape index (κ3) is 3.33. The van der Waals surface area contributed by atoms with Crippen molar-refractivity contribution in [1.29, 1.82) is 0 Å². The van der Waals surface area contributed by atoms with Crippen molar-refractivity contribution >= 4 is 5.78 Å². The van der Waals surface area contributed by atoms with Crippen molar-refractivity contribution in [2.45, 2.75) is 105 Å². The van der Waals surface area contributed by atoms with Gasteiger partial charge in [0.2, 0.25) is 0 Å². The summed E-state index contributed by atoms with van der Waals surface area (Å²) in [5, 5.41) is 0. The van der Waals surface area contributed by atoms with Gasteiger partial charge in [-0.25, -0.2) is 0 Å². The van der Waals surface area contributed by atoms with Crippen LogP contribution in [0.2, 0.25) is 0 Å². The smallest absolute Gasteiger partial charge is 0.133 e. The average Bonchev–Trinajstić information content (AvgIpc) is 2.64. The fourth-order valence-electron chi connectivity index (χ4n) is 8.41. The quantitative estimate of drug-likeness (QED) is 0.436. The lowest BCUT2D eigenvalue weighted by Crippen LogP contribution is -2.44. The minimum Gasteiger partial charge on any atom is -0.300 e. The number of carbonyl (C=O) groups excluding carboxylic acids is 1. The van der Waals surface area contributed by atoms with Gasteiger partial charge in [0.15, 0.2) is 0 Å². The van der Waals surface area contributed by atoms with Crippen molar-refractivity contribution in [3.63, 3.8) is 0 Å². The second-order valence-corrected chi connectivity index (χ2v) is 12.2. The normalized spacial score (nSPS) is 46.9. The Hall–Kier alpha value is -0.330. The molecule has 27 heavy (non-hydrogen) atoms. The summed E-state index contributed by atoms with van der Waals surface area (Å²) in [5.74, 6) is 6.62. The molecular weight excluding hydrogens is 328 g/mol. The predicted octanol–water partition coefficient (Wildman–Crippen LogP) is 7.29. The van der Waals surface area contributed by atoms with E-state index in [9.17, 15) is 4.79 Å². The number of ketones is 1. The Morgan fingerprint density at radius 2 is 1.56 bits per heavy atom. The second-order valence-electron chi connectivity index (χ2n) is 12.2. The number of hydrogen-bond acceptors (Lipinski definition) is 1. The molecule has 0 aromatic rings. The van der Waals surface area contributed by atoms with Gasteiger partial charge in [0.05, 0.1) is 0 Å². The van der Waals surface area contributed by atoms with E-state index in [1.54, 1.807) is 0 Å². The van der Waals surface area contributed by atoms with Crippen LogP contribution in [0.15, 0.2) is 0 Å². The van der Waals surface area contributed by atoms with Crippen LogP contribution in [0.1, 0.15) is 105 Å². The van der Waals surface area contributed by atoms with Crippen molar-refractivity contribution in [3.05, 3.63) is 0 Å². The fourth-order valence-corrected chi connectivity index (χ4v) is 8.41. The summed E-state index contributed by atoms with van der Waals surface area (Å²) in [4.78, 5) is 12.1. The Kier molecular flexibility index (Phi) is 5.30. The van der Waals surface area contributed by atoms with E-state index in [4.69, 9.17) is 0 Å². The van der Waals surface area contributed by atoms with Gasteiger partial charge < -0.3 is 0 Å². The number of Topliss-reactive ketones (excluding diaryl/α,β-unsaturated/α-hetero) is 1. The lowest BCUT2D eigenvalue weighted by molar-refractivity contribution is -0.125. The van der Waals surface area contributed by atoms with Crippen LogP contribution in [0.25, 0.3) is 0 Å². The van der Waals surface area contributed by atoms with Crippen molar-refractivity contribution in [3.8, 4) is 0 Å². The van der Waals surface area contributed by atoms with Gasteiger partial charge in [-0.05, 0) is 84.4 Å². The molecule has 4 aliphatic rings. The number of carbonyl (C=O) groups is 1. The zero-order valence-corrected chi connectivity index (χ0v) is 18.7. The molecule has 0 amide bonds. The van der Waals surface area contributed by atoms with Crippen molar-refractivity contribution in [2.75, 3.05) is 0 Å². The maximum absolute atomic E-state index is 12.1. The molecule has 0 heterocycles. The van der Waals surface area contributed by atoms with Crippen molar-refractivity contribution in [1.82, 2.24) is 0 Å². The minimum absolute atomic E-state index is 0.400. The van der Waals surface area contributed by atoms with Crippen molar-refractivity contribution < 1.29 is 4.79 Å². The third-order valence-corrected chi connectivity index (χ3v) is 10.5. The number of fused-ring (bicyclic) bond motifs is 5. The van der Waals surface area contributed by atoms with Crippen LogP contribution >= 0.6 is 0 Å². The summed E-state index contributed by atoms with van der Waals surface area (Å²) in [6.07, 6.45) is 14.4. The Morgan fingerprint density at radius 3 is 2.33 bits per heavy atom. The molecule has 0 aromatic heterocycles. The highest BCUT2D eigenvalue weighted by Gasteiger charge is 2.57. The monoisotopic (exact) mass is 372 g/mol. The van der Waals surface area contributed by atoms with Crippen LogP contribution in [-0.2, 0) is 4.79 Å². The Bertz CT molecular complexity index is 559. The van der Waals surface area contributed by atoms with Crippen LogP contribution in [0.3, 0.4) is 0 Å². The molecule has 154 valence electrons. The largest absolute Gasteiger partial charge is 0.300 e. The minimum atomic E-state index is 0.400. The first kappa shape index (κ1) is 20.0. The molecule has 4 rings (SSSR count). The molecule has 0 N–H and O–H groups in total. The second kappa shape index (κ2) is 7.17. The van der Waals surface area contributed by atoms with Gasteiger partial charge in [-0.1, -0.05) is 60.3 Å². The lowest BCUT2D eigenvalue weighted by atomic mass is 9.54. The van der Waals surface area contributed by atoms with Gasteiger partial charge in [-0.2, -0.15) is 0 Å². The summed E-state index contributed by atoms with van der Waals surface area (Å²) in [5.41, 5.74) is 0.818. The molecule has 4 aliphatic carbocycles. The molecule has 4 saturated carbocycles. The Morgan fingerprint density at radius 1 is 0.815 bits per heavy atom. The highest BCUT2D eigenvalue weighted by Crippen LogP contribution is 2.64. The van der Waals surface area contributed by atoms with E-state index in [2.05, 4.69) is 34.6 Å². The van der Waals surface area contributed by atoms with E-state index < -0.39 is 0 Å². The molecule has 1 nitrogen and oxygen atoms in total. The van der Waals surface area contributed by atoms with Crippen LogP contribution in [0.5, 0.6) is 0 Å². The van der Waals surface area contributed by atoms with Gasteiger partial charge >= 0.3 is 0 Å². The first-order chi connectivity index (χ1) is 12.7. The topological polar surface area (TPSA) is 17.1 Å². The van der Waals surface area contributed by atoms with Gasteiger partial charge in [-0.15, -0.1) is 0 Å². The summed E-state index contributed by atoms with van der Waals surface area (Å²) in [6.45, 7) is 13.0. The molecule has 0 spiro atoms. The summed E-state index contributed by atoms with van der Waals surface area (Å²) >= 11 is 0. The van der Waals surface area contributed by atoms with E-state index in [1.807, 2.05) is 0 Å². The standard InChI is InChI=1S/C26H44O/c1-17-9-7-6-8-10-23-24(17)21-13-11-18-15-19(27)12-14-20(18)22(21)16-25(2,3)26(23,4)5/h17-18,20-24H,6-16H2,1-5H3. The molecule has 0 bridgehead atoms. The van der Waals surface area contributed by atoms with Crippen LogP contribution < -0.4 is 0 Å². The van der Waals surface area contributed by atoms with Gasteiger partial charge in [-0.3, -0.25) is 4.79 Å². The van der Waals surface area contributed by atoms with Gasteiger partial charge in [0.1, 0.15) is 5.78 Å². The molecule has 7 atom stereocenters. The molecule has 0 aliphatic heterocycles. The summed E-state index contributed by atoms with van der Waals surface area (Å²) in [7, 11) is 0. The Balaban J connectivity index is 1.74. The van der Waals surface area contributed by atoms with E-state index in [0.717, 1.165) is 48.3 Å². The Labute approximate surface area is 168 Å². The fraction of sp³-hybridized carbons (Fsp3) is 0.962. The van der Waals surface area contributed by atoms with Gasteiger partial charge in [0.25, 0.3) is 0 Å². The molecule has 1 heteroatoms. The zero-order valence-electron chi connectivity index (χ0n) is 18.7. The summed E-state index contributed by atoms with van der Waals surface area (Å²) in [6, 6.07) is 0. The maximum Gasteiger partial charge on any atom is 0.133 e.